The molecule has 1 atom stereocenters. The molecule has 0 bridgehead atoms. The SMILES string of the molecule is CC(C)c1cc(C(NC(=O)C2CCOCC2)C(=O)O)ccc1F. The third-order valence-corrected chi connectivity index (χ3v) is 4.10. The molecule has 0 spiro atoms. The summed E-state index contributed by atoms with van der Waals surface area (Å²) in [5.74, 6) is -2.14. The fourth-order valence-electron chi connectivity index (χ4n) is 2.69. The molecule has 0 radical (unpaired) electrons. The molecule has 5 nitrogen and oxygen atoms in total. The van der Waals surface area contributed by atoms with Crippen LogP contribution in [-0.2, 0) is 14.3 Å². The molecule has 1 saturated heterocycles. The number of aliphatic carboxylic acids is 1. The zero-order valence-electron chi connectivity index (χ0n) is 13.3. The number of benzene rings is 1. The van der Waals surface area contributed by atoms with Crippen LogP contribution in [0.25, 0.3) is 0 Å². The first-order valence-corrected chi connectivity index (χ1v) is 7.80. The van der Waals surface area contributed by atoms with E-state index in [4.69, 9.17) is 4.74 Å². The molecule has 2 rings (SSSR count). The average Bonchev–Trinajstić information content (AvgIpc) is 2.53. The van der Waals surface area contributed by atoms with Gasteiger partial charge in [-0.1, -0.05) is 19.9 Å². The molecule has 6 heteroatoms. The van der Waals surface area contributed by atoms with Crippen LogP contribution in [0.1, 0.15) is 49.8 Å². The predicted octanol–water partition coefficient (Wildman–Crippen LogP) is 2.62. The third-order valence-electron chi connectivity index (χ3n) is 4.10. The monoisotopic (exact) mass is 323 g/mol. The van der Waals surface area contributed by atoms with E-state index in [0.29, 0.717) is 37.2 Å². The van der Waals surface area contributed by atoms with E-state index in [9.17, 15) is 19.1 Å². The lowest BCUT2D eigenvalue weighted by Gasteiger charge is -2.24. The Bertz CT molecular complexity index is 582. The molecule has 126 valence electrons. The third kappa shape index (κ3) is 4.28. The molecular formula is C17H22FNO4. The summed E-state index contributed by atoms with van der Waals surface area (Å²) >= 11 is 0. The Hall–Kier alpha value is -1.95. The van der Waals surface area contributed by atoms with Crippen LogP contribution in [0.4, 0.5) is 4.39 Å². The number of hydrogen-bond acceptors (Lipinski definition) is 3. The summed E-state index contributed by atoms with van der Waals surface area (Å²) in [6.45, 7) is 4.67. The zero-order valence-corrected chi connectivity index (χ0v) is 13.3. The number of nitrogens with one attached hydrogen (secondary N) is 1. The molecule has 1 aromatic rings. The molecule has 2 N–H and O–H groups in total. The van der Waals surface area contributed by atoms with Crippen LogP contribution in [0, 0.1) is 11.7 Å². The number of ether oxygens (including phenoxy) is 1. The molecule has 1 aromatic carbocycles. The van der Waals surface area contributed by atoms with Gasteiger partial charge in [-0.2, -0.15) is 0 Å². The highest BCUT2D eigenvalue weighted by Gasteiger charge is 2.28. The van der Waals surface area contributed by atoms with E-state index in [2.05, 4.69) is 5.32 Å². The van der Waals surface area contributed by atoms with Gasteiger partial charge < -0.3 is 15.2 Å². The highest BCUT2D eigenvalue weighted by molar-refractivity contribution is 5.86. The molecule has 1 amide bonds. The van der Waals surface area contributed by atoms with Crippen molar-refractivity contribution in [2.75, 3.05) is 13.2 Å². The van der Waals surface area contributed by atoms with Crippen LogP contribution in [0.3, 0.4) is 0 Å². The second-order valence-corrected chi connectivity index (χ2v) is 6.10. The standard InChI is InChI=1S/C17H22FNO4/c1-10(2)13-9-12(3-4-14(13)18)15(17(21)22)19-16(20)11-5-7-23-8-6-11/h3-4,9-11,15H,5-8H2,1-2H3,(H,19,20)(H,21,22). The highest BCUT2D eigenvalue weighted by Crippen LogP contribution is 2.24. The van der Waals surface area contributed by atoms with Gasteiger partial charge >= 0.3 is 5.97 Å². The van der Waals surface area contributed by atoms with E-state index in [1.54, 1.807) is 0 Å². The van der Waals surface area contributed by atoms with Crippen LogP contribution in [0.15, 0.2) is 18.2 Å². The van der Waals surface area contributed by atoms with Crippen molar-refractivity contribution in [3.63, 3.8) is 0 Å². The maximum atomic E-state index is 13.8. The van der Waals surface area contributed by atoms with Gasteiger partial charge in [0.25, 0.3) is 0 Å². The summed E-state index contributed by atoms with van der Waals surface area (Å²) < 4.78 is 19.0. The molecular weight excluding hydrogens is 301 g/mol. The molecule has 0 saturated carbocycles. The number of amides is 1. The molecule has 1 aliphatic heterocycles. The number of carbonyl (C=O) groups excluding carboxylic acids is 1. The molecule has 1 unspecified atom stereocenters. The summed E-state index contributed by atoms with van der Waals surface area (Å²) in [5.41, 5.74) is 0.817. The summed E-state index contributed by atoms with van der Waals surface area (Å²) in [5, 5.41) is 12.0. The van der Waals surface area contributed by atoms with Gasteiger partial charge in [0.1, 0.15) is 5.82 Å². The molecule has 1 fully saturated rings. The van der Waals surface area contributed by atoms with Crippen molar-refractivity contribution in [3.05, 3.63) is 35.1 Å². The number of carboxylic acids is 1. The average molecular weight is 323 g/mol. The van der Waals surface area contributed by atoms with E-state index in [1.165, 1.54) is 18.2 Å². The Kier molecular flexibility index (Phi) is 5.71. The van der Waals surface area contributed by atoms with E-state index >= 15 is 0 Å². The van der Waals surface area contributed by atoms with Crippen LogP contribution in [0.5, 0.6) is 0 Å². The summed E-state index contributed by atoms with van der Waals surface area (Å²) in [6.07, 6.45) is 1.16. The minimum absolute atomic E-state index is 0.0735. The smallest absolute Gasteiger partial charge is 0.330 e. The topological polar surface area (TPSA) is 75.6 Å². The lowest BCUT2D eigenvalue weighted by molar-refractivity contribution is -0.143. The summed E-state index contributed by atoms with van der Waals surface area (Å²) in [7, 11) is 0. The molecule has 0 aliphatic carbocycles. The van der Waals surface area contributed by atoms with Crippen LogP contribution >= 0.6 is 0 Å². The van der Waals surface area contributed by atoms with Crippen LogP contribution < -0.4 is 5.32 Å². The van der Waals surface area contributed by atoms with Gasteiger partial charge in [0.05, 0.1) is 0 Å². The first-order chi connectivity index (χ1) is 10.9. The Morgan fingerprint density at radius 1 is 1.30 bits per heavy atom. The minimum atomic E-state index is -1.18. The Morgan fingerprint density at radius 2 is 1.96 bits per heavy atom. The van der Waals surface area contributed by atoms with Crippen LogP contribution in [0.2, 0.25) is 0 Å². The van der Waals surface area contributed by atoms with Gasteiger partial charge in [-0.05, 0) is 42.0 Å². The second-order valence-electron chi connectivity index (χ2n) is 6.10. The first-order valence-electron chi connectivity index (χ1n) is 7.80. The van der Waals surface area contributed by atoms with Crippen molar-refractivity contribution in [2.45, 2.75) is 38.6 Å². The Balaban J connectivity index is 2.19. The van der Waals surface area contributed by atoms with Crippen molar-refractivity contribution >= 4 is 11.9 Å². The fourth-order valence-corrected chi connectivity index (χ4v) is 2.69. The Labute approximate surface area is 134 Å². The predicted molar refractivity (Wildman–Crippen MR) is 82.6 cm³/mol. The number of rotatable bonds is 5. The largest absolute Gasteiger partial charge is 0.479 e. The number of halogens is 1. The second kappa shape index (κ2) is 7.55. The first kappa shape index (κ1) is 17.4. The lowest BCUT2D eigenvalue weighted by atomic mass is 9.95. The summed E-state index contributed by atoms with van der Waals surface area (Å²) in [4.78, 5) is 23.8. The molecule has 0 aromatic heterocycles. The van der Waals surface area contributed by atoms with Gasteiger partial charge in [0.2, 0.25) is 5.91 Å². The van der Waals surface area contributed by atoms with Gasteiger partial charge in [-0.3, -0.25) is 4.79 Å². The van der Waals surface area contributed by atoms with E-state index < -0.39 is 12.0 Å². The molecule has 1 aliphatic rings. The van der Waals surface area contributed by atoms with Gasteiger partial charge in [-0.15, -0.1) is 0 Å². The van der Waals surface area contributed by atoms with E-state index in [1.807, 2.05) is 13.8 Å². The maximum absolute atomic E-state index is 13.8. The van der Waals surface area contributed by atoms with Crippen molar-refractivity contribution in [1.29, 1.82) is 0 Å². The van der Waals surface area contributed by atoms with Gasteiger partial charge in [0.15, 0.2) is 6.04 Å². The van der Waals surface area contributed by atoms with E-state index in [0.717, 1.165) is 0 Å². The fraction of sp³-hybridized carbons (Fsp3) is 0.529. The van der Waals surface area contributed by atoms with Gasteiger partial charge in [0, 0.05) is 19.1 Å². The Morgan fingerprint density at radius 3 is 2.52 bits per heavy atom. The number of hydrogen-bond donors (Lipinski definition) is 2. The highest BCUT2D eigenvalue weighted by atomic mass is 19.1. The lowest BCUT2D eigenvalue weighted by Crippen LogP contribution is -2.39. The van der Waals surface area contributed by atoms with Crippen LogP contribution in [-0.4, -0.2) is 30.2 Å². The zero-order chi connectivity index (χ0) is 17.0. The number of carboxylic acid groups (broad SMARTS) is 1. The van der Waals surface area contributed by atoms with Crippen molar-refractivity contribution in [3.8, 4) is 0 Å². The normalized spacial score (nSPS) is 17.0. The van der Waals surface area contributed by atoms with Crippen molar-refractivity contribution in [2.24, 2.45) is 5.92 Å². The van der Waals surface area contributed by atoms with Gasteiger partial charge in [-0.25, -0.2) is 9.18 Å². The molecule has 1 heterocycles. The summed E-state index contributed by atoms with van der Waals surface area (Å²) in [6, 6.07) is 3.00. The molecule has 23 heavy (non-hydrogen) atoms. The van der Waals surface area contributed by atoms with Crippen molar-refractivity contribution in [1.82, 2.24) is 5.32 Å². The quantitative estimate of drug-likeness (QED) is 0.873. The van der Waals surface area contributed by atoms with Crippen molar-refractivity contribution < 1.29 is 23.8 Å². The maximum Gasteiger partial charge on any atom is 0.330 e. The number of carbonyl (C=O) groups is 2. The van der Waals surface area contributed by atoms with E-state index in [-0.39, 0.29) is 23.6 Å². The minimum Gasteiger partial charge on any atom is -0.479 e.